The highest BCUT2D eigenvalue weighted by Gasteiger charge is 2.18. The number of rotatable bonds is 6. The molecule has 0 unspecified atom stereocenters. The van der Waals surface area contributed by atoms with Crippen LogP contribution in [0.2, 0.25) is 10.2 Å². The molecule has 0 bridgehead atoms. The molecule has 17 heavy (non-hydrogen) atoms. The van der Waals surface area contributed by atoms with Gasteiger partial charge in [0.2, 0.25) is 0 Å². The molecule has 0 aliphatic heterocycles. The van der Waals surface area contributed by atoms with Gasteiger partial charge in [-0.15, -0.1) is 0 Å². The molecule has 0 atom stereocenters. The van der Waals surface area contributed by atoms with Crippen LogP contribution in [0.3, 0.4) is 0 Å². The van der Waals surface area contributed by atoms with Crippen LogP contribution < -0.4 is 0 Å². The molecule has 0 aliphatic carbocycles. The van der Waals surface area contributed by atoms with Crippen LogP contribution in [-0.2, 0) is 0 Å². The summed E-state index contributed by atoms with van der Waals surface area (Å²) in [5, 5.41) is 9.52. The van der Waals surface area contributed by atoms with E-state index in [9.17, 15) is 4.79 Å². The third kappa shape index (κ3) is 3.91. The van der Waals surface area contributed by atoms with Crippen molar-refractivity contribution in [2.24, 2.45) is 0 Å². The molecule has 1 heterocycles. The van der Waals surface area contributed by atoms with E-state index in [1.165, 1.54) is 6.07 Å². The van der Waals surface area contributed by atoms with Gasteiger partial charge in [-0.25, -0.2) is 0 Å². The Bertz CT molecular complexity index is 360. The van der Waals surface area contributed by atoms with Crippen LogP contribution in [0, 0.1) is 0 Å². The predicted molar refractivity (Wildman–Crippen MR) is 68.7 cm³/mol. The highest BCUT2D eigenvalue weighted by atomic mass is 35.5. The molecular weight excluding hydrogens is 263 g/mol. The zero-order chi connectivity index (χ0) is 12.8. The van der Waals surface area contributed by atoms with Crippen molar-refractivity contribution >= 4 is 29.1 Å². The van der Waals surface area contributed by atoms with Gasteiger partial charge in [-0.1, -0.05) is 36.5 Å². The van der Waals surface area contributed by atoms with Gasteiger partial charge in [0.05, 0.1) is 11.6 Å². The van der Waals surface area contributed by atoms with E-state index in [4.69, 9.17) is 28.3 Å². The summed E-state index contributed by atoms with van der Waals surface area (Å²) >= 11 is 11.5. The van der Waals surface area contributed by atoms with E-state index < -0.39 is 0 Å². The molecule has 1 amide bonds. The number of hydrogen-bond acceptors (Lipinski definition) is 2. The first kappa shape index (κ1) is 14.4. The van der Waals surface area contributed by atoms with E-state index in [-0.39, 0.29) is 17.7 Å². The monoisotopic (exact) mass is 278 g/mol. The van der Waals surface area contributed by atoms with Gasteiger partial charge in [-0.05, 0) is 12.5 Å². The minimum Gasteiger partial charge on any atom is -0.395 e. The fourth-order valence-corrected chi connectivity index (χ4v) is 1.79. The van der Waals surface area contributed by atoms with Crippen molar-refractivity contribution in [3.63, 3.8) is 0 Å². The Morgan fingerprint density at radius 1 is 1.47 bits per heavy atom. The van der Waals surface area contributed by atoms with Crippen molar-refractivity contribution in [1.82, 2.24) is 9.88 Å². The Kier molecular flexibility index (Phi) is 5.82. The minimum atomic E-state index is -0.193. The summed E-state index contributed by atoms with van der Waals surface area (Å²) in [6, 6.07) is 1.50. The summed E-state index contributed by atoms with van der Waals surface area (Å²) < 4.78 is 0. The maximum Gasteiger partial charge on any atom is 0.270 e. The number of hydrogen-bond donors (Lipinski definition) is 2. The number of carbonyl (C=O) groups is 1. The first-order chi connectivity index (χ1) is 8.10. The summed E-state index contributed by atoms with van der Waals surface area (Å²) in [6.45, 7) is 2.92. The third-order valence-corrected chi connectivity index (χ3v) is 3.09. The molecule has 6 heteroatoms. The standard InChI is InChI=1S/C11H16Cl2N2O2/c1-2-3-4-15(5-6-16)11(17)9-7-8(12)10(13)14-9/h7,14,16H,2-6H2,1H3. The molecule has 2 N–H and O–H groups in total. The smallest absolute Gasteiger partial charge is 0.270 e. The number of aromatic amines is 1. The Balaban J connectivity index is 2.76. The number of amides is 1. The van der Waals surface area contributed by atoms with E-state index in [1.54, 1.807) is 4.90 Å². The summed E-state index contributed by atoms with van der Waals surface area (Å²) in [5.74, 6) is -0.193. The normalized spacial score (nSPS) is 10.6. The number of unbranched alkanes of at least 4 members (excludes halogenated alkanes) is 1. The quantitative estimate of drug-likeness (QED) is 0.840. The number of aliphatic hydroxyl groups is 1. The number of aliphatic hydroxyl groups excluding tert-OH is 1. The molecule has 0 saturated heterocycles. The number of H-pyrrole nitrogens is 1. The lowest BCUT2D eigenvalue weighted by Gasteiger charge is -2.20. The largest absolute Gasteiger partial charge is 0.395 e. The van der Waals surface area contributed by atoms with Crippen LogP contribution >= 0.6 is 23.2 Å². The zero-order valence-corrected chi connectivity index (χ0v) is 11.2. The Labute approximate surface area is 111 Å². The number of nitrogens with one attached hydrogen (secondary N) is 1. The number of aromatic nitrogens is 1. The zero-order valence-electron chi connectivity index (χ0n) is 9.67. The Hall–Kier alpha value is -0.710. The van der Waals surface area contributed by atoms with Gasteiger partial charge < -0.3 is 15.0 Å². The molecule has 0 radical (unpaired) electrons. The average Bonchev–Trinajstić information content (AvgIpc) is 2.64. The van der Waals surface area contributed by atoms with E-state index in [0.717, 1.165) is 12.8 Å². The highest BCUT2D eigenvalue weighted by molar-refractivity contribution is 6.41. The Morgan fingerprint density at radius 2 is 2.18 bits per heavy atom. The average molecular weight is 279 g/mol. The number of carbonyl (C=O) groups excluding carboxylic acids is 1. The van der Waals surface area contributed by atoms with Crippen LogP contribution in [0.5, 0.6) is 0 Å². The predicted octanol–water partition coefficient (Wildman–Crippen LogP) is 2.56. The van der Waals surface area contributed by atoms with Crippen LogP contribution in [-0.4, -0.2) is 40.6 Å². The van der Waals surface area contributed by atoms with Crippen LogP contribution in [0.25, 0.3) is 0 Å². The van der Waals surface area contributed by atoms with Gasteiger partial charge in [-0.2, -0.15) is 0 Å². The van der Waals surface area contributed by atoms with Gasteiger partial charge >= 0.3 is 0 Å². The molecule has 0 spiro atoms. The Morgan fingerprint density at radius 3 is 2.65 bits per heavy atom. The molecule has 1 rings (SSSR count). The molecular formula is C11H16Cl2N2O2. The molecule has 4 nitrogen and oxygen atoms in total. The maximum absolute atomic E-state index is 12.1. The summed E-state index contributed by atoms with van der Waals surface area (Å²) in [6.07, 6.45) is 1.88. The molecule has 0 fully saturated rings. The molecule has 0 aromatic carbocycles. The van der Waals surface area contributed by atoms with E-state index in [0.29, 0.717) is 23.8 Å². The third-order valence-electron chi connectivity index (χ3n) is 2.39. The highest BCUT2D eigenvalue weighted by Crippen LogP contribution is 2.22. The first-order valence-electron chi connectivity index (χ1n) is 5.54. The summed E-state index contributed by atoms with van der Waals surface area (Å²) in [5.41, 5.74) is 0.351. The van der Waals surface area contributed by atoms with Crippen molar-refractivity contribution < 1.29 is 9.90 Å². The van der Waals surface area contributed by atoms with Gasteiger partial charge in [0.15, 0.2) is 0 Å². The van der Waals surface area contributed by atoms with Crippen molar-refractivity contribution in [1.29, 1.82) is 0 Å². The SMILES string of the molecule is CCCCN(CCO)C(=O)c1cc(Cl)c(Cl)[nH]1. The van der Waals surface area contributed by atoms with Crippen molar-refractivity contribution in [2.75, 3.05) is 19.7 Å². The van der Waals surface area contributed by atoms with Crippen molar-refractivity contribution in [2.45, 2.75) is 19.8 Å². The van der Waals surface area contributed by atoms with Crippen LogP contribution in [0.15, 0.2) is 6.07 Å². The lowest BCUT2D eigenvalue weighted by Crippen LogP contribution is -2.34. The summed E-state index contributed by atoms with van der Waals surface area (Å²) in [7, 11) is 0. The van der Waals surface area contributed by atoms with E-state index >= 15 is 0 Å². The topological polar surface area (TPSA) is 56.3 Å². The second-order valence-corrected chi connectivity index (χ2v) is 4.50. The van der Waals surface area contributed by atoms with Gasteiger partial charge in [0.25, 0.3) is 5.91 Å². The summed E-state index contributed by atoms with van der Waals surface area (Å²) in [4.78, 5) is 16.4. The minimum absolute atomic E-state index is 0.0579. The fraction of sp³-hybridized carbons (Fsp3) is 0.545. The fourth-order valence-electron chi connectivity index (χ4n) is 1.47. The second-order valence-electron chi connectivity index (χ2n) is 3.71. The van der Waals surface area contributed by atoms with Gasteiger partial charge in [0, 0.05) is 13.1 Å². The molecule has 1 aromatic rings. The molecule has 0 aliphatic rings. The molecule has 0 saturated carbocycles. The molecule has 1 aromatic heterocycles. The lowest BCUT2D eigenvalue weighted by molar-refractivity contribution is 0.0714. The van der Waals surface area contributed by atoms with E-state index in [2.05, 4.69) is 4.98 Å². The van der Waals surface area contributed by atoms with Crippen LogP contribution in [0.4, 0.5) is 0 Å². The second kappa shape index (κ2) is 6.89. The van der Waals surface area contributed by atoms with E-state index in [1.807, 2.05) is 6.92 Å². The van der Waals surface area contributed by atoms with Crippen molar-refractivity contribution in [3.05, 3.63) is 21.9 Å². The number of nitrogens with zero attached hydrogens (tertiary/aromatic N) is 1. The van der Waals surface area contributed by atoms with Gasteiger partial charge in [0.1, 0.15) is 10.8 Å². The van der Waals surface area contributed by atoms with Crippen molar-refractivity contribution in [3.8, 4) is 0 Å². The maximum atomic E-state index is 12.1. The lowest BCUT2D eigenvalue weighted by atomic mass is 10.3. The first-order valence-corrected chi connectivity index (χ1v) is 6.29. The van der Waals surface area contributed by atoms with Crippen LogP contribution in [0.1, 0.15) is 30.3 Å². The van der Waals surface area contributed by atoms with Gasteiger partial charge in [-0.3, -0.25) is 4.79 Å². The number of halogens is 2. The molecule has 96 valence electrons.